The van der Waals surface area contributed by atoms with E-state index in [0.717, 1.165) is 24.4 Å². The van der Waals surface area contributed by atoms with Crippen molar-refractivity contribution in [3.8, 4) is 5.88 Å². The largest absolute Gasteiger partial charge is 0.479 e. The van der Waals surface area contributed by atoms with Crippen LogP contribution in [0.5, 0.6) is 5.88 Å². The second kappa shape index (κ2) is 7.09. The van der Waals surface area contributed by atoms with Gasteiger partial charge in [-0.05, 0) is 31.2 Å². The molecule has 6 nitrogen and oxygen atoms in total. The van der Waals surface area contributed by atoms with Gasteiger partial charge in [0.25, 0.3) is 0 Å². The van der Waals surface area contributed by atoms with Crippen LogP contribution in [0.4, 0.5) is 4.39 Å². The standard InChI is InChI=1S/C18H23FN4O2/c1-24-18-16(19)13(4-6-20-18)8-21-15-5-7-25-17(15)14-9-22-23(11-14)10-12-2-3-12/h4,6,9,11-12,15,17,21H,2-3,5,7-8,10H2,1H3/t15-,17+/m1/s1. The zero-order valence-electron chi connectivity index (χ0n) is 14.3. The number of rotatable bonds is 7. The second-order valence-corrected chi connectivity index (χ2v) is 6.80. The van der Waals surface area contributed by atoms with Gasteiger partial charge in [0.05, 0.1) is 13.3 Å². The Hall–Kier alpha value is -1.99. The number of nitrogens with zero attached hydrogens (tertiary/aromatic N) is 3. The molecule has 134 valence electrons. The molecule has 7 heteroatoms. The molecule has 1 N–H and O–H groups in total. The first-order valence-electron chi connectivity index (χ1n) is 8.79. The maximum absolute atomic E-state index is 14.2. The van der Waals surface area contributed by atoms with E-state index in [1.165, 1.54) is 20.0 Å². The number of ether oxygens (including phenoxy) is 2. The van der Waals surface area contributed by atoms with Crippen molar-refractivity contribution in [1.82, 2.24) is 20.1 Å². The number of methoxy groups -OCH3 is 1. The fourth-order valence-electron chi connectivity index (χ4n) is 3.30. The molecule has 1 aliphatic heterocycles. The Morgan fingerprint density at radius 3 is 3.08 bits per heavy atom. The van der Waals surface area contributed by atoms with Crippen LogP contribution in [0.1, 0.15) is 36.5 Å². The average Bonchev–Trinajstić information content (AvgIpc) is 3.11. The summed E-state index contributed by atoms with van der Waals surface area (Å²) in [6, 6.07) is 1.81. The molecule has 2 fully saturated rings. The number of nitrogens with one attached hydrogen (secondary N) is 1. The molecule has 3 heterocycles. The Morgan fingerprint density at radius 2 is 2.28 bits per heavy atom. The van der Waals surface area contributed by atoms with Crippen LogP contribution in [0, 0.1) is 11.7 Å². The zero-order chi connectivity index (χ0) is 17.2. The summed E-state index contributed by atoms with van der Waals surface area (Å²) in [5.41, 5.74) is 1.63. The molecule has 0 radical (unpaired) electrons. The summed E-state index contributed by atoms with van der Waals surface area (Å²) >= 11 is 0. The highest BCUT2D eigenvalue weighted by Gasteiger charge is 2.31. The Balaban J connectivity index is 1.40. The fraction of sp³-hybridized carbons (Fsp3) is 0.556. The molecule has 0 spiro atoms. The molecule has 2 aromatic heterocycles. The Labute approximate surface area is 146 Å². The van der Waals surface area contributed by atoms with Gasteiger partial charge in [0.2, 0.25) is 5.88 Å². The summed E-state index contributed by atoms with van der Waals surface area (Å²) in [5, 5.41) is 7.87. The van der Waals surface area contributed by atoms with Gasteiger partial charge in [-0.1, -0.05) is 0 Å². The van der Waals surface area contributed by atoms with Gasteiger partial charge >= 0.3 is 0 Å². The normalized spacial score (nSPS) is 23.1. The first kappa shape index (κ1) is 16.5. The Bertz CT molecular complexity index is 732. The average molecular weight is 346 g/mol. The molecular formula is C18H23FN4O2. The minimum atomic E-state index is -0.412. The highest BCUT2D eigenvalue weighted by Crippen LogP contribution is 2.32. The predicted octanol–water partition coefficient (Wildman–Crippen LogP) is 2.46. The third kappa shape index (κ3) is 3.67. The number of pyridine rings is 1. The number of aromatic nitrogens is 3. The van der Waals surface area contributed by atoms with Gasteiger partial charge in [0.1, 0.15) is 6.10 Å². The molecule has 2 atom stereocenters. The van der Waals surface area contributed by atoms with E-state index in [1.807, 2.05) is 10.9 Å². The van der Waals surface area contributed by atoms with Gasteiger partial charge in [0.15, 0.2) is 5.82 Å². The van der Waals surface area contributed by atoms with Gasteiger partial charge in [-0.3, -0.25) is 4.68 Å². The third-order valence-electron chi connectivity index (χ3n) is 4.90. The van der Waals surface area contributed by atoms with E-state index in [9.17, 15) is 4.39 Å². The van der Waals surface area contributed by atoms with E-state index < -0.39 is 5.82 Å². The van der Waals surface area contributed by atoms with Crippen LogP contribution >= 0.6 is 0 Å². The Kier molecular flexibility index (Phi) is 4.67. The van der Waals surface area contributed by atoms with Crippen molar-refractivity contribution in [1.29, 1.82) is 0 Å². The fourth-order valence-corrected chi connectivity index (χ4v) is 3.30. The van der Waals surface area contributed by atoms with Crippen LogP contribution in [0.2, 0.25) is 0 Å². The molecule has 1 aliphatic carbocycles. The zero-order valence-corrected chi connectivity index (χ0v) is 14.3. The molecule has 0 bridgehead atoms. The van der Waals surface area contributed by atoms with Crippen LogP contribution in [0.25, 0.3) is 0 Å². The van der Waals surface area contributed by atoms with E-state index in [0.29, 0.717) is 18.7 Å². The Morgan fingerprint density at radius 1 is 1.40 bits per heavy atom. The van der Waals surface area contributed by atoms with Crippen molar-refractivity contribution in [3.63, 3.8) is 0 Å². The topological polar surface area (TPSA) is 61.2 Å². The smallest absolute Gasteiger partial charge is 0.250 e. The van der Waals surface area contributed by atoms with E-state index in [2.05, 4.69) is 21.6 Å². The highest BCUT2D eigenvalue weighted by molar-refractivity contribution is 5.23. The molecule has 1 saturated carbocycles. The minimum Gasteiger partial charge on any atom is -0.479 e. The molecule has 0 aromatic carbocycles. The van der Waals surface area contributed by atoms with Crippen molar-refractivity contribution < 1.29 is 13.9 Å². The lowest BCUT2D eigenvalue weighted by Gasteiger charge is -2.19. The lowest BCUT2D eigenvalue weighted by atomic mass is 10.1. The molecule has 2 aliphatic rings. The van der Waals surface area contributed by atoms with Crippen LogP contribution in [-0.2, 0) is 17.8 Å². The third-order valence-corrected chi connectivity index (χ3v) is 4.90. The van der Waals surface area contributed by atoms with Gasteiger partial charge in [-0.15, -0.1) is 0 Å². The maximum Gasteiger partial charge on any atom is 0.250 e. The van der Waals surface area contributed by atoms with E-state index in [-0.39, 0.29) is 18.0 Å². The summed E-state index contributed by atoms with van der Waals surface area (Å²) in [7, 11) is 1.42. The molecule has 4 rings (SSSR count). The number of hydrogen-bond donors (Lipinski definition) is 1. The maximum atomic E-state index is 14.2. The summed E-state index contributed by atoms with van der Waals surface area (Å²) in [5.74, 6) is 0.404. The van der Waals surface area contributed by atoms with Gasteiger partial charge < -0.3 is 14.8 Å². The van der Waals surface area contributed by atoms with Gasteiger partial charge in [-0.25, -0.2) is 9.37 Å². The molecular weight excluding hydrogens is 323 g/mol. The lowest BCUT2D eigenvalue weighted by molar-refractivity contribution is 0.0983. The predicted molar refractivity (Wildman–Crippen MR) is 89.6 cm³/mol. The van der Waals surface area contributed by atoms with Crippen molar-refractivity contribution >= 4 is 0 Å². The van der Waals surface area contributed by atoms with Crippen molar-refractivity contribution in [2.24, 2.45) is 5.92 Å². The van der Waals surface area contributed by atoms with Crippen LogP contribution < -0.4 is 10.1 Å². The van der Waals surface area contributed by atoms with Gasteiger partial charge in [-0.2, -0.15) is 5.10 Å². The summed E-state index contributed by atoms with van der Waals surface area (Å²) in [6.45, 7) is 2.09. The second-order valence-electron chi connectivity index (χ2n) is 6.80. The molecule has 0 amide bonds. The first-order chi connectivity index (χ1) is 12.2. The molecule has 25 heavy (non-hydrogen) atoms. The molecule has 0 unspecified atom stereocenters. The SMILES string of the molecule is COc1nccc(CN[C@@H]2CCO[C@H]2c2cnn(CC3CC3)c2)c1F. The van der Waals surface area contributed by atoms with Gasteiger partial charge in [0, 0.05) is 49.3 Å². The quantitative estimate of drug-likeness (QED) is 0.834. The van der Waals surface area contributed by atoms with Crippen LogP contribution in [0.15, 0.2) is 24.7 Å². The molecule has 1 saturated heterocycles. The number of hydrogen-bond acceptors (Lipinski definition) is 5. The highest BCUT2D eigenvalue weighted by atomic mass is 19.1. The van der Waals surface area contributed by atoms with Crippen molar-refractivity contribution in [3.05, 3.63) is 41.6 Å². The summed E-state index contributed by atoms with van der Waals surface area (Å²) in [6.07, 6.45) is 8.99. The lowest BCUT2D eigenvalue weighted by Crippen LogP contribution is -2.31. The van der Waals surface area contributed by atoms with E-state index in [1.54, 1.807) is 12.3 Å². The van der Waals surface area contributed by atoms with Crippen LogP contribution in [0.3, 0.4) is 0 Å². The van der Waals surface area contributed by atoms with E-state index >= 15 is 0 Å². The summed E-state index contributed by atoms with van der Waals surface area (Å²) < 4.78 is 27.1. The van der Waals surface area contributed by atoms with Crippen LogP contribution in [-0.4, -0.2) is 34.5 Å². The summed E-state index contributed by atoms with van der Waals surface area (Å²) in [4.78, 5) is 3.87. The van der Waals surface area contributed by atoms with Crippen molar-refractivity contribution in [2.45, 2.75) is 44.5 Å². The molecule has 2 aromatic rings. The monoisotopic (exact) mass is 346 g/mol. The van der Waals surface area contributed by atoms with Crippen molar-refractivity contribution in [2.75, 3.05) is 13.7 Å². The first-order valence-corrected chi connectivity index (χ1v) is 8.79. The number of halogens is 1. The van der Waals surface area contributed by atoms with E-state index in [4.69, 9.17) is 9.47 Å². The minimum absolute atomic E-state index is 0.0277.